The number of anilines is 1. The maximum absolute atomic E-state index is 12.4. The monoisotopic (exact) mass is 362 g/mol. The van der Waals surface area contributed by atoms with Gasteiger partial charge in [0, 0.05) is 18.8 Å². The number of hydrogen-bond donors (Lipinski definition) is 0. The van der Waals surface area contributed by atoms with E-state index in [0.29, 0.717) is 4.91 Å². The molecule has 0 radical (unpaired) electrons. The molecule has 1 aliphatic rings. The molecule has 2 rings (SSSR count). The predicted octanol–water partition coefficient (Wildman–Crippen LogP) is 3.13. The van der Waals surface area contributed by atoms with Gasteiger partial charge < -0.3 is 9.64 Å². The fourth-order valence-electron chi connectivity index (χ4n) is 2.61. The quantitative estimate of drug-likeness (QED) is 0.572. The molecule has 0 bridgehead atoms. The van der Waals surface area contributed by atoms with Gasteiger partial charge in [-0.3, -0.25) is 14.5 Å². The third-order valence-corrected chi connectivity index (χ3v) is 4.96. The maximum Gasteiger partial charge on any atom is 0.328 e. The van der Waals surface area contributed by atoms with Crippen LogP contribution in [0.15, 0.2) is 29.2 Å². The Balaban J connectivity index is 2.20. The fraction of sp³-hybridized carbons (Fsp3) is 0.389. The highest BCUT2D eigenvalue weighted by Gasteiger charge is 2.41. The molecule has 1 unspecified atom stereocenters. The number of carbonyl (C=O) groups excluding carboxylic acids is 3. The first kappa shape index (κ1) is 19.1. The average Bonchev–Trinajstić information content (AvgIpc) is 2.89. The lowest BCUT2D eigenvalue weighted by molar-refractivity contribution is -0.148. The summed E-state index contributed by atoms with van der Waals surface area (Å²) in [5.74, 6) is -1.09. The van der Waals surface area contributed by atoms with Crippen LogP contribution >= 0.6 is 11.8 Å². The molecule has 1 atom stereocenters. The summed E-state index contributed by atoms with van der Waals surface area (Å²) in [7, 11) is 1.23. The first-order valence-corrected chi connectivity index (χ1v) is 8.94. The van der Waals surface area contributed by atoms with E-state index in [0.717, 1.165) is 41.0 Å². The number of esters is 1. The minimum absolute atomic E-state index is 0.302. The van der Waals surface area contributed by atoms with Crippen molar-refractivity contribution in [2.45, 2.75) is 26.8 Å². The minimum Gasteiger partial charge on any atom is -0.467 e. The number of amides is 2. The van der Waals surface area contributed by atoms with E-state index >= 15 is 0 Å². The van der Waals surface area contributed by atoms with Crippen LogP contribution in [0.5, 0.6) is 0 Å². The number of rotatable bonds is 6. The Morgan fingerprint density at radius 2 is 1.84 bits per heavy atom. The molecule has 1 fully saturated rings. The summed E-state index contributed by atoms with van der Waals surface area (Å²) < 4.78 is 4.61. The van der Waals surface area contributed by atoms with Crippen LogP contribution in [0.2, 0.25) is 0 Å². The van der Waals surface area contributed by atoms with Crippen molar-refractivity contribution >= 4 is 40.6 Å². The molecule has 1 saturated heterocycles. The van der Waals surface area contributed by atoms with Crippen LogP contribution in [0.3, 0.4) is 0 Å². The number of nitrogens with zero attached hydrogens (tertiary/aromatic N) is 2. The number of thioether (sulfide) groups is 1. The van der Waals surface area contributed by atoms with E-state index in [-0.39, 0.29) is 0 Å². The molecule has 1 aromatic carbocycles. The Bertz CT molecular complexity index is 696. The maximum atomic E-state index is 12.4. The second-order valence-electron chi connectivity index (χ2n) is 5.51. The van der Waals surface area contributed by atoms with Crippen LogP contribution in [-0.4, -0.2) is 48.3 Å². The van der Waals surface area contributed by atoms with E-state index in [1.807, 2.05) is 24.3 Å². The van der Waals surface area contributed by atoms with Gasteiger partial charge in [0.2, 0.25) is 0 Å². The zero-order chi connectivity index (χ0) is 18.6. The highest BCUT2D eigenvalue weighted by atomic mass is 32.2. The number of imide groups is 1. The normalized spacial score (nSPS) is 17.1. The van der Waals surface area contributed by atoms with E-state index in [9.17, 15) is 14.4 Å². The lowest BCUT2D eigenvalue weighted by Crippen LogP contribution is -2.42. The van der Waals surface area contributed by atoms with Crippen LogP contribution in [0.4, 0.5) is 10.5 Å². The zero-order valence-electron chi connectivity index (χ0n) is 14.8. The van der Waals surface area contributed by atoms with Gasteiger partial charge in [-0.15, -0.1) is 0 Å². The minimum atomic E-state index is -0.937. The first-order chi connectivity index (χ1) is 11.9. The van der Waals surface area contributed by atoms with Gasteiger partial charge in [-0.05, 0) is 56.3 Å². The van der Waals surface area contributed by atoms with E-state index in [4.69, 9.17) is 0 Å². The molecular formula is C18H22N2O4S. The SMILES string of the molecule is CCN(CC)c1ccc(C=C2SC(=O)N(C(C)C(=O)OC)C2=O)cc1. The van der Waals surface area contributed by atoms with Gasteiger partial charge in [0.25, 0.3) is 11.1 Å². The molecule has 2 amide bonds. The van der Waals surface area contributed by atoms with Crippen LogP contribution < -0.4 is 4.90 Å². The van der Waals surface area contributed by atoms with Crippen molar-refractivity contribution < 1.29 is 19.1 Å². The smallest absolute Gasteiger partial charge is 0.328 e. The average molecular weight is 362 g/mol. The molecule has 0 saturated carbocycles. The molecule has 0 spiro atoms. The summed E-state index contributed by atoms with van der Waals surface area (Å²) in [6, 6.07) is 6.85. The van der Waals surface area contributed by atoms with Gasteiger partial charge in [-0.25, -0.2) is 4.79 Å². The Morgan fingerprint density at radius 1 is 1.24 bits per heavy atom. The van der Waals surface area contributed by atoms with Gasteiger partial charge in [-0.1, -0.05) is 12.1 Å². The molecule has 7 heteroatoms. The molecule has 0 N–H and O–H groups in total. The molecule has 0 aromatic heterocycles. The Kier molecular flexibility index (Phi) is 6.25. The van der Waals surface area contributed by atoms with Crippen molar-refractivity contribution in [3.05, 3.63) is 34.7 Å². The molecule has 6 nitrogen and oxygen atoms in total. The van der Waals surface area contributed by atoms with Crippen LogP contribution in [0, 0.1) is 0 Å². The summed E-state index contributed by atoms with van der Waals surface area (Å²) in [6.45, 7) is 7.50. The molecule has 25 heavy (non-hydrogen) atoms. The van der Waals surface area contributed by atoms with Crippen molar-refractivity contribution in [2.24, 2.45) is 0 Å². The summed E-state index contributed by atoms with van der Waals surface area (Å²) >= 11 is 0.833. The van der Waals surface area contributed by atoms with Gasteiger partial charge in [0.1, 0.15) is 6.04 Å². The van der Waals surface area contributed by atoms with Gasteiger partial charge in [-0.2, -0.15) is 0 Å². The van der Waals surface area contributed by atoms with Crippen molar-refractivity contribution in [3.63, 3.8) is 0 Å². The van der Waals surface area contributed by atoms with E-state index in [1.54, 1.807) is 6.08 Å². The number of benzene rings is 1. The summed E-state index contributed by atoms with van der Waals surface area (Å²) in [4.78, 5) is 39.6. The van der Waals surface area contributed by atoms with Gasteiger partial charge in [0.05, 0.1) is 12.0 Å². The zero-order valence-corrected chi connectivity index (χ0v) is 15.6. The topological polar surface area (TPSA) is 66.9 Å². The van der Waals surface area contributed by atoms with Crippen LogP contribution in [0.25, 0.3) is 6.08 Å². The van der Waals surface area contributed by atoms with Crippen molar-refractivity contribution in [3.8, 4) is 0 Å². The largest absolute Gasteiger partial charge is 0.467 e. The van der Waals surface area contributed by atoms with Gasteiger partial charge in [0.15, 0.2) is 0 Å². The number of hydrogen-bond acceptors (Lipinski definition) is 6. The second kappa shape index (κ2) is 8.20. The van der Waals surface area contributed by atoms with E-state index in [1.165, 1.54) is 14.0 Å². The molecule has 0 aliphatic carbocycles. The predicted molar refractivity (Wildman–Crippen MR) is 99.3 cm³/mol. The third-order valence-electron chi connectivity index (χ3n) is 4.07. The highest BCUT2D eigenvalue weighted by molar-refractivity contribution is 8.18. The molecular weight excluding hydrogens is 340 g/mol. The first-order valence-electron chi connectivity index (χ1n) is 8.12. The van der Waals surface area contributed by atoms with Crippen LogP contribution in [0.1, 0.15) is 26.3 Å². The highest BCUT2D eigenvalue weighted by Crippen LogP contribution is 2.34. The van der Waals surface area contributed by atoms with Crippen molar-refractivity contribution in [1.29, 1.82) is 0 Å². The number of methoxy groups -OCH3 is 1. The number of ether oxygens (including phenoxy) is 1. The lowest BCUT2D eigenvalue weighted by atomic mass is 10.1. The summed E-state index contributed by atoms with van der Waals surface area (Å²) in [6.07, 6.45) is 1.67. The van der Waals surface area contributed by atoms with Crippen LogP contribution in [-0.2, 0) is 14.3 Å². The second-order valence-corrected chi connectivity index (χ2v) is 6.51. The van der Waals surface area contributed by atoms with E-state index in [2.05, 4.69) is 23.5 Å². The van der Waals surface area contributed by atoms with Crippen molar-refractivity contribution in [2.75, 3.05) is 25.1 Å². The lowest BCUT2D eigenvalue weighted by Gasteiger charge is -2.20. The molecule has 1 heterocycles. The standard InChI is InChI=1S/C18H22N2O4S/c1-5-19(6-2)14-9-7-13(8-10-14)11-15-16(21)20(18(23)25-15)12(3)17(22)24-4/h7-12H,5-6H2,1-4H3. The Hall–Kier alpha value is -2.28. The number of carbonyl (C=O) groups is 3. The van der Waals surface area contributed by atoms with E-state index < -0.39 is 23.2 Å². The fourth-order valence-corrected chi connectivity index (χ4v) is 3.52. The molecule has 1 aliphatic heterocycles. The van der Waals surface area contributed by atoms with Gasteiger partial charge >= 0.3 is 5.97 Å². The Morgan fingerprint density at radius 3 is 2.36 bits per heavy atom. The van der Waals surface area contributed by atoms with Crippen molar-refractivity contribution in [1.82, 2.24) is 4.90 Å². The summed E-state index contributed by atoms with van der Waals surface area (Å²) in [5, 5.41) is -0.464. The molecule has 134 valence electrons. The molecule has 1 aromatic rings. The Labute approximate surface area is 151 Å². The summed E-state index contributed by atoms with van der Waals surface area (Å²) in [5.41, 5.74) is 1.93. The third kappa shape index (κ3) is 4.04.